The monoisotopic (exact) mass is 296 g/mol. The Morgan fingerprint density at radius 3 is 2.48 bits per heavy atom. The minimum absolute atomic E-state index is 0.104. The van der Waals surface area contributed by atoms with Crippen molar-refractivity contribution in [1.29, 1.82) is 0 Å². The molecule has 5 heteroatoms. The first-order chi connectivity index (χ1) is 9.91. The molecule has 3 unspecified atom stereocenters. The summed E-state index contributed by atoms with van der Waals surface area (Å²) in [6.45, 7) is 4.80. The molecule has 0 aromatic carbocycles. The average Bonchev–Trinajstić information content (AvgIpc) is 2.44. The van der Waals surface area contributed by atoms with Crippen LogP contribution in [-0.2, 0) is 4.79 Å². The maximum Gasteiger partial charge on any atom is 0.326 e. The van der Waals surface area contributed by atoms with Crippen LogP contribution in [0.25, 0.3) is 0 Å². The van der Waals surface area contributed by atoms with Crippen molar-refractivity contribution in [3.63, 3.8) is 0 Å². The van der Waals surface area contributed by atoms with E-state index in [2.05, 4.69) is 13.8 Å². The Labute approximate surface area is 127 Å². The van der Waals surface area contributed by atoms with Crippen molar-refractivity contribution in [3.05, 3.63) is 0 Å². The van der Waals surface area contributed by atoms with Crippen molar-refractivity contribution in [2.24, 2.45) is 11.8 Å². The molecule has 1 aliphatic carbocycles. The van der Waals surface area contributed by atoms with E-state index in [1.807, 2.05) is 0 Å². The number of hydrogen-bond acceptors (Lipinski definition) is 2. The predicted octanol–water partition coefficient (Wildman–Crippen LogP) is 2.80. The van der Waals surface area contributed by atoms with E-state index in [1.54, 1.807) is 16.8 Å². The fourth-order valence-electron chi connectivity index (χ4n) is 3.97. The molecule has 0 aromatic rings. The van der Waals surface area contributed by atoms with Crippen molar-refractivity contribution >= 4 is 12.0 Å². The predicted molar refractivity (Wildman–Crippen MR) is 81.1 cm³/mol. The summed E-state index contributed by atoms with van der Waals surface area (Å²) in [6.07, 6.45) is 5.94. The van der Waals surface area contributed by atoms with Gasteiger partial charge >= 0.3 is 12.0 Å². The number of carboxylic acid groups (broad SMARTS) is 1. The number of fused-ring (bicyclic) bond motifs is 1. The molecule has 1 aliphatic heterocycles. The van der Waals surface area contributed by atoms with Crippen LogP contribution in [0.2, 0.25) is 0 Å². The molecule has 5 nitrogen and oxygen atoms in total. The van der Waals surface area contributed by atoms with Crippen LogP contribution in [0.3, 0.4) is 0 Å². The van der Waals surface area contributed by atoms with Crippen LogP contribution in [-0.4, -0.2) is 52.6 Å². The summed E-state index contributed by atoms with van der Waals surface area (Å²) in [5.41, 5.74) is 0. The van der Waals surface area contributed by atoms with Crippen molar-refractivity contribution < 1.29 is 14.7 Å². The zero-order valence-corrected chi connectivity index (χ0v) is 13.4. The number of nitrogens with zero attached hydrogens (tertiary/aromatic N) is 2. The Kier molecular flexibility index (Phi) is 5.12. The van der Waals surface area contributed by atoms with Gasteiger partial charge in [-0.1, -0.05) is 26.7 Å². The zero-order chi connectivity index (χ0) is 15.6. The largest absolute Gasteiger partial charge is 0.480 e. The average molecular weight is 296 g/mol. The van der Waals surface area contributed by atoms with Gasteiger partial charge in [-0.25, -0.2) is 9.59 Å². The van der Waals surface area contributed by atoms with Crippen LogP contribution in [0.1, 0.15) is 52.4 Å². The molecule has 1 saturated heterocycles. The van der Waals surface area contributed by atoms with Crippen molar-refractivity contribution in [2.75, 3.05) is 13.6 Å². The first-order valence-electron chi connectivity index (χ1n) is 8.18. The SMILES string of the molecule is CC(C)CN(C)C(=O)N1C(C(=O)O)CCC2CCCCC21. The topological polar surface area (TPSA) is 60.9 Å². The number of rotatable bonds is 3. The van der Waals surface area contributed by atoms with Crippen LogP contribution >= 0.6 is 0 Å². The molecule has 0 aromatic heterocycles. The molecule has 1 saturated carbocycles. The van der Waals surface area contributed by atoms with Gasteiger partial charge in [0.15, 0.2) is 0 Å². The number of carboxylic acids is 1. The summed E-state index contributed by atoms with van der Waals surface area (Å²) in [6, 6.07) is -0.630. The maximum absolute atomic E-state index is 12.8. The van der Waals surface area contributed by atoms with Gasteiger partial charge in [0.1, 0.15) is 6.04 Å². The summed E-state index contributed by atoms with van der Waals surface area (Å²) in [4.78, 5) is 27.8. The number of amides is 2. The van der Waals surface area contributed by atoms with E-state index < -0.39 is 12.0 Å². The zero-order valence-electron chi connectivity index (χ0n) is 13.4. The Hall–Kier alpha value is -1.26. The first-order valence-corrected chi connectivity index (χ1v) is 8.18. The van der Waals surface area contributed by atoms with Crippen LogP contribution < -0.4 is 0 Å². The van der Waals surface area contributed by atoms with Gasteiger partial charge in [0.2, 0.25) is 0 Å². The highest BCUT2D eigenvalue weighted by Crippen LogP contribution is 2.38. The summed E-state index contributed by atoms with van der Waals surface area (Å²) >= 11 is 0. The number of carbonyl (C=O) groups is 2. The van der Waals surface area contributed by atoms with E-state index >= 15 is 0 Å². The third kappa shape index (κ3) is 3.50. The highest BCUT2D eigenvalue weighted by atomic mass is 16.4. The van der Waals surface area contributed by atoms with E-state index in [9.17, 15) is 14.7 Å². The van der Waals surface area contributed by atoms with Crippen molar-refractivity contribution in [1.82, 2.24) is 9.80 Å². The lowest BCUT2D eigenvalue weighted by molar-refractivity contribution is -0.146. The second-order valence-electron chi connectivity index (χ2n) is 7.01. The smallest absolute Gasteiger partial charge is 0.326 e. The number of likely N-dealkylation sites (tertiary alicyclic amines) is 1. The van der Waals surface area contributed by atoms with E-state index in [0.29, 0.717) is 24.8 Å². The number of urea groups is 1. The molecular formula is C16H28N2O3. The number of carbonyl (C=O) groups excluding carboxylic acids is 1. The summed E-state index contributed by atoms with van der Waals surface area (Å²) < 4.78 is 0. The van der Waals surface area contributed by atoms with Gasteiger partial charge in [-0.2, -0.15) is 0 Å². The Morgan fingerprint density at radius 2 is 1.86 bits per heavy atom. The van der Waals surface area contributed by atoms with Crippen molar-refractivity contribution in [2.45, 2.75) is 64.5 Å². The Balaban J connectivity index is 2.19. The van der Waals surface area contributed by atoms with Crippen LogP contribution in [0.4, 0.5) is 4.79 Å². The Morgan fingerprint density at radius 1 is 1.19 bits per heavy atom. The van der Waals surface area contributed by atoms with Crippen molar-refractivity contribution in [3.8, 4) is 0 Å². The fraction of sp³-hybridized carbons (Fsp3) is 0.875. The van der Waals surface area contributed by atoms with Gasteiger partial charge in [0.25, 0.3) is 0 Å². The third-order valence-electron chi connectivity index (χ3n) is 4.84. The van der Waals surface area contributed by atoms with Gasteiger partial charge < -0.3 is 14.9 Å². The van der Waals surface area contributed by atoms with Gasteiger partial charge in [-0.3, -0.25) is 0 Å². The molecule has 2 fully saturated rings. The molecule has 0 bridgehead atoms. The second kappa shape index (κ2) is 6.67. The quantitative estimate of drug-likeness (QED) is 0.871. The molecule has 1 heterocycles. The Bertz CT molecular complexity index is 397. The molecule has 120 valence electrons. The maximum atomic E-state index is 12.8. The number of hydrogen-bond donors (Lipinski definition) is 1. The molecule has 2 rings (SSSR count). The number of aliphatic carboxylic acids is 1. The minimum atomic E-state index is -0.856. The standard InChI is InChI=1S/C16H28N2O3/c1-11(2)10-17(3)16(21)18-13-7-5-4-6-12(13)8-9-14(18)15(19)20/h11-14H,4-10H2,1-3H3,(H,19,20). The highest BCUT2D eigenvalue weighted by Gasteiger charge is 2.44. The molecule has 0 radical (unpaired) electrons. The van der Waals surface area contributed by atoms with Crippen LogP contribution in [0.15, 0.2) is 0 Å². The van der Waals surface area contributed by atoms with Gasteiger partial charge in [-0.15, -0.1) is 0 Å². The van der Waals surface area contributed by atoms with E-state index in [4.69, 9.17) is 0 Å². The van der Waals surface area contributed by atoms with E-state index in [1.165, 1.54) is 6.42 Å². The van der Waals surface area contributed by atoms with Gasteiger partial charge in [-0.05, 0) is 37.5 Å². The molecule has 2 aliphatic rings. The highest BCUT2D eigenvalue weighted by molar-refractivity contribution is 5.83. The summed E-state index contributed by atoms with van der Waals surface area (Å²) in [7, 11) is 1.79. The van der Waals surface area contributed by atoms with E-state index in [-0.39, 0.29) is 12.1 Å². The second-order valence-corrected chi connectivity index (χ2v) is 7.01. The van der Waals surface area contributed by atoms with Crippen LogP contribution in [0, 0.1) is 11.8 Å². The molecule has 2 amide bonds. The molecule has 1 N–H and O–H groups in total. The van der Waals surface area contributed by atoms with Gasteiger partial charge in [0.05, 0.1) is 0 Å². The normalized spacial score (nSPS) is 29.1. The fourth-order valence-corrected chi connectivity index (χ4v) is 3.97. The molecule has 0 spiro atoms. The van der Waals surface area contributed by atoms with Gasteiger partial charge in [0, 0.05) is 19.6 Å². The molecular weight excluding hydrogens is 268 g/mol. The summed E-state index contributed by atoms with van der Waals surface area (Å²) in [5.74, 6) is 0.0187. The van der Waals surface area contributed by atoms with Crippen LogP contribution in [0.5, 0.6) is 0 Å². The third-order valence-corrected chi connectivity index (χ3v) is 4.84. The lowest BCUT2D eigenvalue weighted by Crippen LogP contribution is -2.60. The minimum Gasteiger partial charge on any atom is -0.480 e. The molecule has 21 heavy (non-hydrogen) atoms. The lowest BCUT2D eigenvalue weighted by Gasteiger charge is -2.48. The first kappa shape index (κ1) is 16.1. The number of piperidine rings is 1. The van der Waals surface area contributed by atoms with E-state index in [0.717, 1.165) is 25.7 Å². The lowest BCUT2D eigenvalue weighted by atomic mass is 9.76. The molecule has 3 atom stereocenters. The summed E-state index contributed by atoms with van der Waals surface area (Å²) in [5, 5.41) is 9.50.